The Morgan fingerprint density at radius 3 is 3.00 bits per heavy atom. The summed E-state index contributed by atoms with van der Waals surface area (Å²) in [5, 5.41) is 2.88. The highest BCUT2D eigenvalue weighted by Crippen LogP contribution is 2.19. The molecule has 2 rings (SSSR count). The minimum Gasteiger partial charge on any atom is -0.482 e. The number of ether oxygens (including phenoxy) is 1. The average molecular weight is 249 g/mol. The molecule has 5 nitrogen and oxygen atoms in total. The fourth-order valence-electron chi connectivity index (χ4n) is 1.69. The molecule has 0 saturated heterocycles. The molecule has 0 aromatic carbocycles. The summed E-state index contributed by atoms with van der Waals surface area (Å²) in [5.74, 6) is 0.578. The number of pyridine rings is 1. The van der Waals surface area contributed by atoms with E-state index in [1.807, 2.05) is 19.1 Å². The maximum atomic E-state index is 11.5. The van der Waals surface area contributed by atoms with Crippen molar-refractivity contribution in [3.05, 3.63) is 23.5 Å². The standard InChI is InChI=1S/C13H19N3O2/c1-9-2-5-12(11(15-9)6-7-14)18-8-13(17)16-10-3-4-10/h2,5,10H,3-4,6-8,14H2,1H3,(H,16,17). The second kappa shape index (κ2) is 5.82. The van der Waals surface area contributed by atoms with Crippen LogP contribution in [0.1, 0.15) is 24.2 Å². The lowest BCUT2D eigenvalue weighted by molar-refractivity contribution is -0.123. The second-order valence-corrected chi connectivity index (χ2v) is 4.57. The number of carbonyl (C=O) groups excluding carboxylic acids is 1. The topological polar surface area (TPSA) is 77.2 Å². The third kappa shape index (κ3) is 3.70. The van der Waals surface area contributed by atoms with Crippen molar-refractivity contribution in [1.29, 1.82) is 0 Å². The highest BCUT2D eigenvalue weighted by Gasteiger charge is 2.23. The van der Waals surface area contributed by atoms with Crippen molar-refractivity contribution in [1.82, 2.24) is 10.3 Å². The molecule has 3 N–H and O–H groups in total. The number of aryl methyl sites for hydroxylation is 1. The molecule has 1 saturated carbocycles. The van der Waals surface area contributed by atoms with E-state index in [1.165, 1.54) is 0 Å². The van der Waals surface area contributed by atoms with Crippen LogP contribution in [0, 0.1) is 6.92 Å². The predicted molar refractivity (Wildman–Crippen MR) is 68.4 cm³/mol. The highest BCUT2D eigenvalue weighted by molar-refractivity contribution is 5.78. The molecule has 0 bridgehead atoms. The fraction of sp³-hybridized carbons (Fsp3) is 0.538. The molecular weight excluding hydrogens is 230 g/mol. The summed E-state index contributed by atoms with van der Waals surface area (Å²) in [7, 11) is 0. The third-order valence-electron chi connectivity index (χ3n) is 2.75. The number of nitrogens with two attached hydrogens (primary N) is 1. The Hall–Kier alpha value is -1.62. The van der Waals surface area contributed by atoms with Crippen LogP contribution in [0.2, 0.25) is 0 Å². The lowest BCUT2D eigenvalue weighted by Gasteiger charge is -2.11. The number of amides is 1. The minimum atomic E-state index is -0.0724. The zero-order valence-corrected chi connectivity index (χ0v) is 10.6. The molecule has 0 radical (unpaired) electrons. The van der Waals surface area contributed by atoms with Gasteiger partial charge in [-0.05, 0) is 38.4 Å². The van der Waals surface area contributed by atoms with E-state index >= 15 is 0 Å². The molecule has 0 unspecified atom stereocenters. The van der Waals surface area contributed by atoms with E-state index < -0.39 is 0 Å². The first kappa shape index (κ1) is 12.8. The Morgan fingerprint density at radius 1 is 1.56 bits per heavy atom. The van der Waals surface area contributed by atoms with Crippen molar-refractivity contribution in [3.63, 3.8) is 0 Å². The van der Waals surface area contributed by atoms with E-state index in [-0.39, 0.29) is 12.5 Å². The van der Waals surface area contributed by atoms with Gasteiger partial charge in [0, 0.05) is 18.2 Å². The van der Waals surface area contributed by atoms with Gasteiger partial charge in [0.15, 0.2) is 6.61 Å². The number of hydrogen-bond acceptors (Lipinski definition) is 4. The van der Waals surface area contributed by atoms with Gasteiger partial charge >= 0.3 is 0 Å². The number of aromatic nitrogens is 1. The summed E-state index contributed by atoms with van der Waals surface area (Å²) in [6, 6.07) is 4.08. The van der Waals surface area contributed by atoms with Gasteiger partial charge in [-0.15, -0.1) is 0 Å². The Balaban J connectivity index is 1.92. The van der Waals surface area contributed by atoms with Crippen molar-refractivity contribution in [2.75, 3.05) is 13.2 Å². The van der Waals surface area contributed by atoms with Gasteiger partial charge in [0.05, 0.1) is 5.69 Å². The van der Waals surface area contributed by atoms with Gasteiger partial charge < -0.3 is 15.8 Å². The first-order valence-corrected chi connectivity index (χ1v) is 6.28. The van der Waals surface area contributed by atoms with Crippen molar-refractivity contribution in [2.24, 2.45) is 5.73 Å². The van der Waals surface area contributed by atoms with Crippen LogP contribution in [0.3, 0.4) is 0 Å². The van der Waals surface area contributed by atoms with Crippen LogP contribution in [-0.2, 0) is 11.2 Å². The summed E-state index contributed by atoms with van der Waals surface area (Å²) in [5.41, 5.74) is 7.28. The molecule has 0 atom stereocenters. The lowest BCUT2D eigenvalue weighted by atomic mass is 10.2. The Labute approximate surface area is 107 Å². The molecular formula is C13H19N3O2. The average Bonchev–Trinajstić information content (AvgIpc) is 3.12. The van der Waals surface area contributed by atoms with Crippen molar-refractivity contribution in [2.45, 2.75) is 32.2 Å². The summed E-state index contributed by atoms with van der Waals surface area (Å²) in [4.78, 5) is 15.9. The largest absolute Gasteiger partial charge is 0.482 e. The molecule has 1 aliphatic rings. The van der Waals surface area contributed by atoms with Crippen LogP contribution in [0.5, 0.6) is 5.75 Å². The lowest BCUT2D eigenvalue weighted by Crippen LogP contribution is -2.30. The normalized spacial score (nSPS) is 14.3. The maximum absolute atomic E-state index is 11.5. The Morgan fingerprint density at radius 2 is 2.33 bits per heavy atom. The summed E-state index contributed by atoms with van der Waals surface area (Å²) < 4.78 is 5.51. The smallest absolute Gasteiger partial charge is 0.258 e. The number of rotatable bonds is 6. The fourth-order valence-corrected chi connectivity index (χ4v) is 1.69. The molecule has 1 aromatic rings. The summed E-state index contributed by atoms with van der Waals surface area (Å²) in [6.45, 7) is 2.48. The summed E-state index contributed by atoms with van der Waals surface area (Å²) in [6.07, 6.45) is 2.81. The molecule has 1 fully saturated rings. The molecule has 0 aliphatic heterocycles. The van der Waals surface area contributed by atoms with Crippen LogP contribution < -0.4 is 15.8 Å². The monoisotopic (exact) mass is 249 g/mol. The Bertz CT molecular complexity index is 430. The van der Waals surface area contributed by atoms with Crippen molar-refractivity contribution >= 4 is 5.91 Å². The zero-order valence-electron chi connectivity index (χ0n) is 10.6. The number of nitrogens with zero attached hydrogens (tertiary/aromatic N) is 1. The Kier molecular flexibility index (Phi) is 4.15. The molecule has 18 heavy (non-hydrogen) atoms. The molecule has 98 valence electrons. The molecule has 1 amide bonds. The molecule has 5 heteroatoms. The van der Waals surface area contributed by atoms with Gasteiger partial charge in [0.1, 0.15) is 5.75 Å². The predicted octanol–water partition coefficient (Wildman–Crippen LogP) is 0.549. The first-order chi connectivity index (χ1) is 8.69. The van der Waals surface area contributed by atoms with Gasteiger partial charge in [0.2, 0.25) is 0 Å². The van der Waals surface area contributed by atoms with Crippen LogP contribution in [0.15, 0.2) is 12.1 Å². The number of nitrogens with one attached hydrogen (secondary N) is 1. The second-order valence-electron chi connectivity index (χ2n) is 4.57. The number of hydrogen-bond donors (Lipinski definition) is 2. The first-order valence-electron chi connectivity index (χ1n) is 6.28. The van der Waals surface area contributed by atoms with Gasteiger partial charge in [0.25, 0.3) is 5.91 Å². The van der Waals surface area contributed by atoms with Gasteiger partial charge in [-0.2, -0.15) is 0 Å². The van der Waals surface area contributed by atoms with Gasteiger partial charge in [-0.3, -0.25) is 9.78 Å². The van der Waals surface area contributed by atoms with E-state index in [4.69, 9.17) is 10.5 Å². The van der Waals surface area contributed by atoms with Crippen LogP contribution in [0.25, 0.3) is 0 Å². The van der Waals surface area contributed by atoms with E-state index in [9.17, 15) is 4.79 Å². The van der Waals surface area contributed by atoms with Crippen molar-refractivity contribution in [3.8, 4) is 5.75 Å². The van der Waals surface area contributed by atoms with E-state index in [1.54, 1.807) is 0 Å². The SMILES string of the molecule is Cc1ccc(OCC(=O)NC2CC2)c(CCN)n1. The molecule has 1 aromatic heterocycles. The van der Waals surface area contributed by atoms with Crippen LogP contribution in [0.4, 0.5) is 0 Å². The number of carbonyl (C=O) groups is 1. The third-order valence-corrected chi connectivity index (χ3v) is 2.75. The van der Waals surface area contributed by atoms with Crippen molar-refractivity contribution < 1.29 is 9.53 Å². The maximum Gasteiger partial charge on any atom is 0.258 e. The molecule has 1 heterocycles. The zero-order chi connectivity index (χ0) is 13.0. The van der Waals surface area contributed by atoms with Gasteiger partial charge in [-0.25, -0.2) is 0 Å². The van der Waals surface area contributed by atoms with E-state index in [2.05, 4.69) is 10.3 Å². The van der Waals surface area contributed by atoms with E-state index in [0.717, 1.165) is 24.2 Å². The van der Waals surface area contributed by atoms with Crippen LogP contribution in [-0.4, -0.2) is 30.1 Å². The quantitative estimate of drug-likeness (QED) is 0.771. The van der Waals surface area contributed by atoms with E-state index in [0.29, 0.717) is 24.8 Å². The van der Waals surface area contributed by atoms with Gasteiger partial charge in [-0.1, -0.05) is 0 Å². The minimum absolute atomic E-state index is 0.0405. The molecule has 1 aliphatic carbocycles. The highest BCUT2D eigenvalue weighted by atomic mass is 16.5. The molecule has 0 spiro atoms. The van der Waals surface area contributed by atoms with Crippen LogP contribution >= 0.6 is 0 Å². The summed E-state index contributed by atoms with van der Waals surface area (Å²) >= 11 is 0.